The lowest BCUT2D eigenvalue weighted by Gasteiger charge is -2.34. The predicted molar refractivity (Wildman–Crippen MR) is 72.8 cm³/mol. The summed E-state index contributed by atoms with van der Waals surface area (Å²) in [5, 5.41) is 0. The molecule has 1 rings (SSSR count). The Balaban J connectivity index is 2.00. The minimum absolute atomic E-state index is 0.804. The zero-order chi connectivity index (χ0) is 11.6. The zero-order valence-electron chi connectivity index (χ0n) is 10.1. The number of alkyl halides is 2. The fourth-order valence-corrected chi connectivity index (χ4v) is 2.47. The molecule has 1 heterocycles. The van der Waals surface area contributed by atoms with Crippen LogP contribution in [-0.4, -0.2) is 60.8 Å². The molecule has 2 nitrogen and oxygen atoms in total. The summed E-state index contributed by atoms with van der Waals surface area (Å²) in [7, 11) is 0. The molecule has 0 amide bonds. The fourth-order valence-electron chi connectivity index (χ4n) is 2.10. The lowest BCUT2D eigenvalue weighted by molar-refractivity contribution is 0.130. The van der Waals surface area contributed by atoms with Crippen LogP contribution in [0.1, 0.15) is 25.7 Å². The van der Waals surface area contributed by atoms with Crippen LogP contribution in [0.5, 0.6) is 0 Å². The Bertz CT molecular complexity index is 141. The summed E-state index contributed by atoms with van der Waals surface area (Å²) >= 11 is 11.4. The molecule has 0 atom stereocenters. The van der Waals surface area contributed by atoms with E-state index in [-0.39, 0.29) is 0 Å². The molecule has 1 saturated heterocycles. The standard InChI is InChI=1S/C12H24Cl2N2/c13-5-1-3-7-15-9-11-16(12-10-15)8-4-2-6-14/h1-12H2. The molecule has 0 aliphatic carbocycles. The van der Waals surface area contributed by atoms with Gasteiger partial charge in [-0.2, -0.15) is 0 Å². The Morgan fingerprint density at radius 1 is 0.625 bits per heavy atom. The van der Waals surface area contributed by atoms with Crippen molar-refractivity contribution in [2.75, 3.05) is 51.0 Å². The molecule has 0 unspecified atom stereocenters. The van der Waals surface area contributed by atoms with Crippen molar-refractivity contribution in [2.24, 2.45) is 0 Å². The highest BCUT2D eigenvalue weighted by molar-refractivity contribution is 6.18. The average molecular weight is 267 g/mol. The van der Waals surface area contributed by atoms with Crippen molar-refractivity contribution in [1.29, 1.82) is 0 Å². The van der Waals surface area contributed by atoms with E-state index in [0.29, 0.717) is 0 Å². The third-order valence-electron chi connectivity index (χ3n) is 3.18. The maximum atomic E-state index is 5.68. The third-order valence-corrected chi connectivity index (χ3v) is 3.72. The Morgan fingerprint density at radius 2 is 1.00 bits per heavy atom. The molecule has 0 aromatic rings. The van der Waals surface area contributed by atoms with Gasteiger partial charge in [0, 0.05) is 37.9 Å². The van der Waals surface area contributed by atoms with Crippen LogP contribution in [0.4, 0.5) is 0 Å². The number of hydrogen-bond donors (Lipinski definition) is 0. The van der Waals surface area contributed by atoms with Crippen molar-refractivity contribution < 1.29 is 0 Å². The Kier molecular flexibility index (Phi) is 8.67. The topological polar surface area (TPSA) is 6.48 Å². The van der Waals surface area contributed by atoms with E-state index < -0.39 is 0 Å². The van der Waals surface area contributed by atoms with E-state index in [4.69, 9.17) is 23.2 Å². The first-order valence-electron chi connectivity index (χ1n) is 6.43. The molecule has 4 heteroatoms. The molecule has 0 aromatic heterocycles. The lowest BCUT2D eigenvalue weighted by atomic mass is 10.2. The van der Waals surface area contributed by atoms with Crippen LogP contribution in [-0.2, 0) is 0 Å². The summed E-state index contributed by atoms with van der Waals surface area (Å²) in [5.74, 6) is 1.61. The molecule has 1 fully saturated rings. The molecule has 1 aliphatic rings. The first-order chi connectivity index (χ1) is 7.86. The van der Waals surface area contributed by atoms with Gasteiger partial charge in [0.15, 0.2) is 0 Å². The summed E-state index contributed by atoms with van der Waals surface area (Å²) in [6, 6.07) is 0. The van der Waals surface area contributed by atoms with E-state index in [2.05, 4.69) is 9.80 Å². The molecule has 96 valence electrons. The normalized spacial score (nSPS) is 19.1. The van der Waals surface area contributed by atoms with Gasteiger partial charge in [0.05, 0.1) is 0 Å². The highest BCUT2D eigenvalue weighted by Gasteiger charge is 2.15. The summed E-state index contributed by atoms with van der Waals surface area (Å²) < 4.78 is 0. The summed E-state index contributed by atoms with van der Waals surface area (Å²) in [6.07, 6.45) is 4.79. The van der Waals surface area contributed by atoms with Gasteiger partial charge in [0.1, 0.15) is 0 Å². The van der Waals surface area contributed by atoms with Gasteiger partial charge in [-0.15, -0.1) is 23.2 Å². The van der Waals surface area contributed by atoms with Gasteiger partial charge in [-0.3, -0.25) is 0 Å². The Labute approximate surface area is 110 Å². The number of nitrogens with zero attached hydrogens (tertiary/aromatic N) is 2. The van der Waals surface area contributed by atoms with E-state index in [1.54, 1.807) is 0 Å². The average Bonchev–Trinajstić information content (AvgIpc) is 2.32. The highest BCUT2D eigenvalue weighted by Crippen LogP contribution is 2.05. The molecule has 16 heavy (non-hydrogen) atoms. The van der Waals surface area contributed by atoms with Crippen molar-refractivity contribution >= 4 is 23.2 Å². The molecule has 0 bridgehead atoms. The van der Waals surface area contributed by atoms with E-state index in [1.165, 1.54) is 52.1 Å². The van der Waals surface area contributed by atoms with Crippen molar-refractivity contribution in [3.05, 3.63) is 0 Å². The first-order valence-corrected chi connectivity index (χ1v) is 7.50. The van der Waals surface area contributed by atoms with Gasteiger partial charge in [0.2, 0.25) is 0 Å². The number of rotatable bonds is 8. The lowest BCUT2D eigenvalue weighted by Crippen LogP contribution is -2.46. The van der Waals surface area contributed by atoms with Gasteiger partial charge < -0.3 is 9.80 Å². The zero-order valence-corrected chi connectivity index (χ0v) is 11.6. The van der Waals surface area contributed by atoms with Gasteiger partial charge in [-0.05, 0) is 38.8 Å². The molecular formula is C12H24Cl2N2. The Hall–Kier alpha value is 0.500. The van der Waals surface area contributed by atoms with Crippen LogP contribution in [0, 0.1) is 0 Å². The summed E-state index contributed by atoms with van der Waals surface area (Å²) in [5.41, 5.74) is 0. The van der Waals surface area contributed by atoms with E-state index >= 15 is 0 Å². The molecular weight excluding hydrogens is 243 g/mol. The van der Waals surface area contributed by atoms with Crippen LogP contribution in [0.2, 0.25) is 0 Å². The van der Waals surface area contributed by atoms with Crippen molar-refractivity contribution in [3.63, 3.8) is 0 Å². The van der Waals surface area contributed by atoms with Crippen molar-refractivity contribution in [1.82, 2.24) is 9.80 Å². The molecule has 0 radical (unpaired) electrons. The number of halogens is 2. The molecule has 1 aliphatic heterocycles. The van der Waals surface area contributed by atoms with Crippen LogP contribution in [0.3, 0.4) is 0 Å². The smallest absolute Gasteiger partial charge is 0.0223 e. The SMILES string of the molecule is ClCCCCN1CCN(CCCCCl)CC1. The monoisotopic (exact) mass is 266 g/mol. The largest absolute Gasteiger partial charge is 0.301 e. The van der Waals surface area contributed by atoms with Gasteiger partial charge in [-0.25, -0.2) is 0 Å². The minimum Gasteiger partial charge on any atom is -0.301 e. The number of unbranched alkanes of at least 4 members (excludes halogenated alkanes) is 2. The second kappa shape index (κ2) is 9.52. The van der Waals surface area contributed by atoms with Crippen LogP contribution in [0.15, 0.2) is 0 Å². The van der Waals surface area contributed by atoms with Gasteiger partial charge >= 0.3 is 0 Å². The second-order valence-electron chi connectivity index (χ2n) is 4.48. The van der Waals surface area contributed by atoms with Crippen LogP contribution in [0.25, 0.3) is 0 Å². The minimum atomic E-state index is 0.804. The van der Waals surface area contributed by atoms with Crippen molar-refractivity contribution in [3.8, 4) is 0 Å². The maximum absolute atomic E-state index is 5.68. The number of piperazine rings is 1. The third kappa shape index (κ3) is 6.29. The molecule has 0 N–H and O–H groups in total. The fraction of sp³-hybridized carbons (Fsp3) is 1.00. The van der Waals surface area contributed by atoms with E-state index in [9.17, 15) is 0 Å². The van der Waals surface area contributed by atoms with Gasteiger partial charge in [-0.1, -0.05) is 0 Å². The first kappa shape index (κ1) is 14.6. The summed E-state index contributed by atoms with van der Waals surface area (Å²) in [4.78, 5) is 5.12. The second-order valence-corrected chi connectivity index (χ2v) is 5.23. The predicted octanol–water partition coefficient (Wildman–Crippen LogP) is 2.64. The molecule has 0 aromatic carbocycles. The number of hydrogen-bond acceptors (Lipinski definition) is 2. The quantitative estimate of drug-likeness (QED) is 0.493. The van der Waals surface area contributed by atoms with Crippen molar-refractivity contribution in [2.45, 2.75) is 25.7 Å². The van der Waals surface area contributed by atoms with Gasteiger partial charge in [0.25, 0.3) is 0 Å². The highest BCUT2D eigenvalue weighted by atomic mass is 35.5. The molecule has 0 saturated carbocycles. The van der Waals surface area contributed by atoms with E-state index in [1.807, 2.05) is 0 Å². The maximum Gasteiger partial charge on any atom is 0.0223 e. The molecule has 0 spiro atoms. The van der Waals surface area contributed by atoms with Crippen LogP contribution < -0.4 is 0 Å². The summed E-state index contributed by atoms with van der Waals surface area (Å²) in [6.45, 7) is 7.35. The van der Waals surface area contributed by atoms with Crippen LogP contribution >= 0.6 is 23.2 Å². The van der Waals surface area contributed by atoms with E-state index in [0.717, 1.165) is 24.6 Å². The Morgan fingerprint density at radius 3 is 1.31 bits per heavy atom.